The van der Waals surface area contributed by atoms with Gasteiger partial charge < -0.3 is 14.8 Å². The zero-order valence-electron chi connectivity index (χ0n) is 14.6. The van der Waals surface area contributed by atoms with E-state index in [1.54, 1.807) is 0 Å². The van der Waals surface area contributed by atoms with Crippen molar-refractivity contribution in [2.75, 3.05) is 5.32 Å². The molecule has 0 aliphatic heterocycles. The Morgan fingerprint density at radius 2 is 1.62 bits per heavy atom. The third-order valence-corrected chi connectivity index (χ3v) is 3.71. The Balaban J connectivity index is 2.08. The molecule has 26 heavy (non-hydrogen) atoms. The number of carbonyl (C=O) groups is 2. The predicted octanol–water partition coefficient (Wildman–Crippen LogP) is 4.09. The van der Waals surface area contributed by atoms with Crippen LogP contribution in [0.3, 0.4) is 0 Å². The molecular formula is C19H19F2NO4. The minimum atomic E-state index is -3.08. The van der Waals surface area contributed by atoms with Crippen LogP contribution < -0.4 is 10.1 Å². The number of esters is 1. The van der Waals surface area contributed by atoms with Crippen LogP contribution >= 0.6 is 0 Å². The Morgan fingerprint density at radius 3 is 2.23 bits per heavy atom. The van der Waals surface area contributed by atoms with Crippen LogP contribution in [0.1, 0.15) is 28.4 Å². The number of anilines is 1. The highest BCUT2D eigenvalue weighted by atomic mass is 19.3. The van der Waals surface area contributed by atoms with E-state index in [0.29, 0.717) is 5.69 Å². The molecule has 1 N–H and O–H groups in total. The summed E-state index contributed by atoms with van der Waals surface area (Å²) in [5.74, 6) is -1.76. The van der Waals surface area contributed by atoms with Crippen LogP contribution in [-0.4, -0.2) is 24.6 Å². The number of halogens is 2. The van der Waals surface area contributed by atoms with E-state index < -0.39 is 24.6 Å². The van der Waals surface area contributed by atoms with Crippen LogP contribution in [0.25, 0.3) is 0 Å². The molecule has 2 aromatic rings. The van der Waals surface area contributed by atoms with Gasteiger partial charge in [-0.15, -0.1) is 0 Å². The Labute approximate surface area is 149 Å². The van der Waals surface area contributed by atoms with Crippen molar-refractivity contribution < 1.29 is 27.8 Å². The molecule has 0 saturated heterocycles. The Morgan fingerprint density at radius 1 is 1.00 bits per heavy atom. The van der Waals surface area contributed by atoms with E-state index in [1.807, 2.05) is 32.0 Å². The van der Waals surface area contributed by atoms with Crippen LogP contribution in [0.15, 0.2) is 42.5 Å². The average molecular weight is 363 g/mol. The van der Waals surface area contributed by atoms with Crippen molar-refractivity contribution in [1.82, 2.24) is 0 Å². The molecule has 1 atom stereocenters. The molecule has 0 unspecified atom stereocenters. The number of rotatable bonds is 6. The number of aryl methyl sites for hydroxylation is 2. The topological polar surface area (TPSA) is 64.6 Å². The summed E-state index contributed by atoms with van der Waals surface area (Å²) in [6.07, 6.45) is -1.12. The van der Waals surface area contributed by atoms with Gasteiger partial charge in [-0.05, 0) is 44.0 Å². The van der Waals surface area contributed by atoms with Crippen LogP contribution in [0, 0.1) is 13.8 Å². The van der Waals surface area contributed by atoms with E-state index in [1.165, 1.54) is 31.2 Å². The highest BCUT2D eigenvalue weighted by Gasteiger charge is 2.23. The quantitative estimate of drug-likeness (QED) is 0.785. The van der Waals surface area contributed by atoms with Gasteiger partial charge in [0.1, 0.15) is 11.3 Å². The number of carbonyl (C=O) groups excluding carboxylic acids is 2. The molecule has 2 aromatic carbocycles. The first-order valence-corrected chi connectivity index (χ1v) is 7.91. The van der Waals surface area contributed by atoms with Gasteiger partial charge in [0.05, 0.1) is 0 Å². The highest BCUT2D eigenvalue weighted by Crippen LogP contribution is 2.23. The van der Waals surface area contributed by atoms with Crippen molar-refractivity contribution in [3.63, 3.8) is 0 Å². The molecule has 138 valence electrons. The van der Waals surface area contributed by atoms with Crippen molar-refractivity contribution >= 4 is 17.6 Å². The van der Waals surface area contributed by atoms with Crippen LogP contribution in [0.5, 0.6) is 5.75 Å². The lowest BCUT2D eigenvalue weighted by molar-refractivity contribution is -0.123. The third kappa shape index (κ3) is 4.78. The molecule has 2 rings (SSSR count). The van der Waals surface area contributed by atoms with Gasteiger partial charge in [-0.2, -0.15) is 8.78 Å². The van der Waals surface area contributed by atoms with Gasteiger partial charge in [-0.25, -0.2) is 4.79 Å². The monoisotopic (exact) mass is 363 g/mol. The lowest BCUT2D eigenvalue weighted by Gasteiger charge is -2.17. The number of ether oxygens (including phenoxy) is 2. The maximum atomic E-state index is 12.4. The first kappa shape index (κ1) is 19.4. The van der Waals surface area contributed by atoms with Crippen molar-refractivity contribution in [2.24, 2.45) is 0 Å². The molecule has 5 nitrogen and oxygen atoms in total. The molecule has 0 saturated carbocycles. The largest absolute Gasteiger partial charge is 0.449 e. The molecular weight excluding hydrogens is 344 g/mol. The lowest BCUT2D eigenvalue weighted by Crippen LogP contribution is -2.30. The summed E-state index contributed by atoms with van der Waals surface area (Å²) < 4.78 is 34.3. The SMILES string of the molecule is Cc1cccc(C)c1NC(=O)[C@@H](C)OC(=O)c1ccccc1OC(F)F. The van der Waals surface area contributed by atoms with Gasteiger partial charge in [-0.3, -0.25) is 4.79 Å². The zero-order valence-corrected chi connectivity index (χ0v) is 14.6. The van der Waals surface area contributed by atoms with Gasteiger partial charge in [0.2, 0.25) is 0 Å². The summed E-state index contributed by atoms with van der Waals surface area (Å²) in [5, 5.41) is 2.71. The maximum Gasteiger partial charge on any atom is 0.387 e. The van der Waals surface area contributed by atoms with Crippen molar-refractivity contribution in [2.45, 2.75) is 33.5 Å². The van der Waals surface area contributed by atoms with Gasteiger partial charge in [0.15, 0.2) is 6.10 Å². The van der Waals surface area contributed by atoms with Crippen molar-refractivity contribution in [1.29, 1.82) is 0 Å². The summed E-state index contributed by atoms with van der Waals surface area (Å²) in [6.45, 7) is 2.01. The van der Waals surface area contributed by atoms with Crippen molar-refractivity contribution in [3.8, 4) is 5.75 Å². The summed E-state index contributed by atoms with van der Waals surface area (Å²) in [5.41, 5.74) is 2.20. The number of benzene rings is 2. The van der Waals surface area contributed by atoms with Crippen LogP contribution in [-0.2, 0) is 9.53 Å². The fraction of sp³-hybridized carbons (Fsp3) is 0.263. The van der Waals surface area contributed by atoms with Gasteiger partial charge in [0, 0.05) is 5.69 Å². The molecule has 1 amide bonds. The second kappa shape index (κ2) is 8.42. The fourth-order valence-corrected chi connectivity index (χ4v) is 2.35. The number of hydrogen-bond acceptors (Lipinski definition) is 4. The minimum Gasteiger partial charge on any atom is -0.449 e. The summed E-state index contributed by atoms with van der Waals surface area (Å²) >= 11 is 0. The molecule has 0 spiro atoms. The van der Waals surface area contributed by atoms with Crippen LogP contribution in [0.4, 0.5) is 14.5 Å². The number of nitrogens with one attached hydrogen (secondary N) is 1. The summed E-state index contributed by atoms with van der Waals surface area (Å²) in [6, 6.07) is 11.0. The molecule has 0 aliphatic carbocycles. The van der Waals surface area contributed by atoms with E-state index in [-0.39, 0.29) is 11.3 Å². The average Bonchev–Trinajstić information content (AvgIpc) is 2.58. The number of hydrogen-bond donors (Lipinski definition) is 1. The standard InChI is InChI=1S/C19H19F2NO4/c1-11-7-6-8-12(2)16(11)22-17(23)13(3)25-18(24)14-9-4-5-10-15(14)26-19(20)21/h4-10,13,19H,1-3H3,(H,22,23)/t13-/m1/s1. The Hall–Kier alpha value is -2.96. The maximum absolute atomic E-state index is 12.4. The Bertz CT molecular complexity index is 788. The molecule has 0 fully saturated rings. The fourth-order valence-electron chi connectivity index (χ4n) is 2.35. The molecule has 7 heteroatoms. The third-order valence-electron chi connectivity index (χ3n) is 3.71. The molecule has 0 bridgehead atoms. The van der Waals surface area contributed by atoms with Gasteiger partial charge >= 0.3 is 12.6 Å². The number of para-hydroxylation sites is 2. The number of alkyl halides is 2. The van der Waals surface area contributed by atoms with Gasteiger partial charge in [-0.1, -0.05) is 30.3 Å². The second-order valence-corrected chi connectivity index (χ2v) is 5.68. The second-order valence-electron chi connectivity index (χ2n) is 5.68. The lowest BCUT2D eigenvalue weighted by atomic mass is 10.1. The van der Waals surface area contributed by atoms with E-state index in [4.69, 9.17) is 4.74 Å². The first-order chi connectivity index (χ1) is 12.3. The highest BCUT2D eigenvalue weighted by molar-refractivity contribution is 5.99. The molecule has 0 heterocycles. The van der Waals surface area contributed by atoms with E-state index in [0.717, 1.165) is 11.1 Å². The normalized spacial score (nSPS) is 11.8. The predicted molar refractivity (Wildman–Crippen MR) is 92.5 cm³/mol. The summed E-state index contributed by atoms with van der Waals surface area (Å²) in [4.78, 5) is 24.5. The Kier molecular flexibility index (Phi) is 6.27. The first-order valence-electron chi connectivity index (χ1n) is 7.91. The molecule has 0 aromatic heterocycles. The van der Waals surface area contributed by atoms with E-state index in [2.05, 4.69) is 10.1 Å². The molecule has 0 aliphatic rings. The smallest absolute Gasteiger partial charge is 0.387 e. The van der Waals surface area contributed by atoms with E-state index >= 15 is 0 Å². The zero-order chi connectivity index (χ0) is 19.3. The van der Waals surface area contributed by atoms with Crippen molar-refractivity contribution in [3.05, 3.63) is 59.2 Å². The number of amides is 1. The minimum absolute atomic E-state index is 0.181. The molecule has 0 radical (unpaired) electrons. The van der Waals surface area contributed by atoms with Crippen LogP contribution in [0.2, 0.25) is 0 Å². The van der Waals surface area contributed by atoms with E-state index in [9.17, 15) is 18.4 Å². The summed E-state index contributed by atoms with van der Waals surface area (Å²) in [7, 11) is 0. The van der Waals surface area contributed by atoms with Gasteiger partial charge in [0.25, 0.3) is 5.91 Å².